The number of amides is 1. The minimum absolute atomic E-state index is 0.115. The first-order valence-corrected chi connectivity index (χ1v) is 10.7. The fraction of sp³-hybridized carbons (Fsp3) is 0.304. The third kappa shape index (κ3) is 4.71. The lowest BCUT2D eigenvalue weighted by molar-refractivity contribution is 0.0628. The Morgan fingerprint density at radius 3 is 2.34 bits per heavy atom. The van der Waals surface area contributed by atoms with Gasteiger partial charge in [0.05, 0.1) is 12.2 Å². The number of aromatic nitrogens is 1. The van der Waals surface area contributed by atoms with Crippen molar-refractivity contribution in [2.45, 2.75) is 20.4 Å². The SMILES string of the molecule is Cc1cc(C)cc(C(=O)N2CCN(Cc3nc(-c4ccc(F)cc4)cs3)CC2)c1. The minimum Gasteiger partial charge on any atom is -0.336 e. The summed E-state index contributed by atoms with van der Waals surface area (Å²) in [6, 6.07) is 12.4. The van der Waals surface area contributed by atoms with Crippen LogP contribution in [0.25, 0.3) is 11.3 Å². The summed E-state index contributed by atoms with van der Waals surface area (Å²) >= 11 is 1.62. The molecule has 0 N–H and O–H groups in total. The summed E-state index contributed by atoms with van der Waals surface area (Å²) in [5, 5.41) is 3.06. The van der Waals surface area contributed by atoms with Crippen LogP contribution in [0, 0.1) is 19.7 Å². The fourth-order valence-corrected chi connectivity index (χ4v) is 4.56. The van der Waals surface area contributed by atoms with Crippen LogP contribution in [-0.2, 0) is 6.54 Å². The van der Waals surface area contributed by atoms with Crippen molar-refractivity contribution < 1.29 is 9.18 Å². The average molecular weight is 410 g/mol. The molecule has 29 heavy (non-hydrogen) atoms. The van der Waals surface area contributed by atoms with Crippen LogP contribution in [0.3, 0.4) is 0 Å². The maximum atomic E-state index is 13.1. The lowest BCUT2D eigenvalue weighted by Gasteiger charge is -2.34. The van der Waals surface area contributed by atoms with Gasteiger partial charge in [-0.3, -0.25) is 9.69 Å². The van der Waals surface area contributed by atoms with E-state index in [9.17, 15) is 9.18 Å². The molecule has 2 aromatic carbocycles. The van der Waals surface area contributed by atoms with Crippen molar-refractivity contribution in [1.29, 1.82) is 0 Å². The molecule has 0 radical (unpaired) electrons. The highest BCUT2D eigenvalue weighted by Gasteiger charge is 2.23. The van der Waals surface area contributed by atoms with Gasteiger partial charge in [0.1, 0.15) is 10.8 Å². The summed E-state index contributed by atoms with van der Waals surface area (Å²) in [7, 11) is 0. The molecule has 6 heteroatoms. The molecule has 1 aliphatic heterocycles. The Morgan fingerprint density at radius 1 is 1.03 bits per heavy atom. The van der Waals surface area contributed by atoms with Crippen molar-refractivity contribution in [3.63, 3.8) is 0 Å². The van der Waals surface area contributed by atoms with Gasteiger partial charge in [0.15, 0.2) is 0 Å². The Morgan fingerprint density at radius 2 is 1.69 bits per heavy atom. The lowest BCUT2D eigenvalue weighted by Crippen LogP contribution is -2.48. The van der Waals surface area contributed by atoms with Gasteiger partial charge in [-0.1, -0.05) is 17.2 Å². The molecule has 4 nitrogen and oxygen atoms in total. The maximum Gasteiger partial charge on any atom is 0.253 e. The van der Waals surface area contributed by atoms with E-state index in [-0.39, 0.29) is 11.7 Å². The second kappa shape index (κ2) is 8.43. The van der Waals surface area contributed by atoms with Crippen LogP contribution in [0.15, 0.2) is 47.8 Å². The van der Waals surface area contributed by atoms with Crippen LogP contribution < -0.4 is 0 Å². The molecule has 1 saturated heterocycles. The van der Waals surface area contributed by atoms with Crippen molar-refractivity contribution in [2.75, 3.05) is 26.2 Å². The average Bonchev–Trinajstić information content (AvgIpc) is 3.16. The number of carbonyl (C=O) groups is 1. The number of nitrogens with zero attached hydrogens (tertiary/aromatic N) is 3. The van der Waals surface area contributed by atoms with E-state index in [1.807, 2.05) is 36.3 Å². The molecular formula is C23H24FN3OS. The highest BCUT2D eigenvalue weighted by Crippen LogP contribution is 2.23. The molecule has 1 amide bonds. The van der Waals surface area contributed by atoms with Crippen molar-refractivity contribution >= 4 is 17.2 Å². The molecule has 1 aliphatic rings. The number of carbonyl (C=O) groups excluding carboxylic acids is 1. The smallest absolute Gasteiger partial charge is 0.253 e. The van der Waals surface area contributed by atoms with E-state index in [0.29, 0.717) is 0 Å². The largest absolute Gasteiger partial charge is 0.336 e. The lowest BCUT2D eigenvalue weighted by atomic mass is 10.1. The summed E-state index contributed by atoms with van der Waals surface area (Å²) in [4.78, 5) is 21.8. The molecule has 0 unspecified atom stereocenters. The maximum absolute atomic E-state index is 13.1. The highest BCUT2D eigenvalue weighted by molar-refractivity contribution is 7.09. The number of hydrogen-bond donors (Lipinski definition) is 0. The second-order valence-electron chi connectivity index (χ2n) is 7.58. The number of benzene rings is 2. The zero-order valence-electron chi connectivity index (χ0n) is 16.7. The molecule has 0 bridgehead atoms. The zero-order chi connectivity index (χ0) is 20.4. The van der Waals surface area contributed by atoms with Crippen LogP contribution in [0.1, 0.15) is 26.5 Å². The summed E-state index contributed by atoms with van der Waals surface area (Å²) in [6.07, 6.45) is 0. The van der Waals surface area contributed by atoms with Crippen LogP contribution >= 0.6 is 11.3 Å². The molecule has 1 fully saturated rings. The molecule has 3 aromatic rings. The van der Waals surface area contributed by atoms with Crippen molar-refractivity contribution in [3.05, 3.63) is 75.4 Å². The molecule has 150 valence electrons. The first kappa shape index (κ1) is 19.7. The van der Waals surface area contributed by atoms with Gasteiger partial charge in [0, 0.05) is 42.7 Å². The monoisotopic (exact) mass is 409 g/mol. The summed E-state index contributed by atoms with van der Waals surface area (Å²) in [5.41, 5.74) is 4.83. The first-order chi connectivity index (χ1) is 14.0. The van der Waals surface area contributed by atoms with E-state index in [0.717, 1.165) is 65.7 Å². The molecule has 1 aromatic heterocycles. The number of hydrogen-bond acceptors (Lipinski definition) is 4. The molecular weight excluding hydrogens is 385 g/mol. The van der Waals surface area contributed by atoms with Gasteiger partial charge in [-0.2, -0.15) is 0 Å². The molecule has 2 heterocycles. The van der Waals surface area contributed by atoms with Gasteiger partial charge in [-0.05, 0) is 50.2 Å². The Bertz CT molecular complexity index is 987. The normalized spacial score (nSPS) is 14.9. The Labute approximate surface area is 174 Å². The molecule has 4 rings (SSSR count). The Balaban J connectivity index is 1.34. The van der Waals surface area contributed by atoms with Crippen molar-refractivity contribution in [3.8, 4) is 11.3 Å². The van der Waals surface area contributed by atoms with E-state index < -0.39 is 0 Å². The van der Waals surface area contributed by atoms with E-state index in [1.54, 1.807) is 23.5 Å². The molecule has 0 spiro atoms. The number of thiazole rings is 1. The number of halogens is 1. The summed E-state index contributed by atoms with van der Waals surface area (Å²) in [5.74, 6) is -0.123. The summed E-state index contributed by atoms with van der Waals surface area (Å²) < 4.78 is 13.1. The van der Waals surface area contributed by atoms with Gasteiger partial charge in [0.25, 0.3) is 5.91 Å². The standard InChI is InChI=1S/C23H24FN3OS/c1-16-11-17(2)13-19(12-16)23(28)27-9-7-26(8-10-27)14-22-25-21(15-29-22)18-3-5-20(24)6-4-18/h3-6,11-13,15H,7-10,14H2,1-2H3. The molecule has 0 atom stereocenters. The van der Waals surface area contributed by atoms with E-state index >= 15 is 0 Å². The van der Waals surface area contributed by atoms with Gasteiger partial charge in [-0.15, -0.1) is 11.3 Å². The molecule has 0 saturated carbocycles. The third-order valence-corrected chi connectivity index (χ3v) is 6.01. The zero-order valence-corrected chi connectivity index (χ0v) is 17.5. The van der Waals surface area contributed by atoms with Crippen LogP contribution in [-0.4, -0.2) is 46.9 Å². The number of aryl methyl sites for hydroxylation is 2. The van der Waals surface area contributed by atoms with Gasteiger partial charge < -0.3 is 4.90 Å². The van der Waals surface area contributed by atoms with Crippen LogP contribution in [0.5, 0.6) is 0 Å². The Kier molecular flexibility index (Phi) is 5.74. The first-order valence-electron chi connectivity index (χ1n) is 9.78. The topological polar surface area (TPSA) is 36.4 Å². The number of rotatable bonds is 4. The minimum atomic E-state index is -0.238. The predicted octanol–water partition coefficient (Wildman–Crippen LogP) is 4.52. The van der Waals surface area contributed by atoms with Gasteiger partial charge in [-0.25, -0.2) is 9.37 Å². The van der Waals surface area contributed by atoms with Gasteiger partial charge >= 0.3 is 0 Å². The summed E-state index contributed by atoms with van der Waals surface area (Å²) in [6.45, 7) is 7.94. The van der Waals surface area contributed by atoms with Crippen molar-refractivity contribution in [2.24, 2.45) is 0 Å². The van der Waals surface area contributed by atoms with E-state index in [1.165, 1.54) is 12.1 Å². The Hall–Kier alpha value is -2.57. The second-order valence-corrected chi connectivity index (χ2v) is 8.52. The van der Waals surface area contributed by atoms with E-state index in [2.05, 4.69) is 11.0 Å². The predicted molar refractivity (Wildman–Crippen MR) is 115 cm³/mol. The number of piperazine rings is 1. The van der Waals surface area contributed by atoms with E-state index in [4.69, 9.17) is 4.98 Å². The fourth-order valence-electron chi connectivity index (χ4n) is 3.72. The van der Waals surface area contributed by atoms with Gasteiger partial charge in [0.2, 0.25) is 0 Å². The third-order valence-electron chi connectivity index (χ3n) is 5.18. The quantitative estimate of drug-likeness (QED) is 0.636. The highest BCUT2D eigenvalue weighted by atomic mass is 32.1. The van der Waals surface area contributed by atoms with Crippen LogP contribution in [0.4, 0.5) is 4.39 Å². The van der Waals surface area contributed by atoms with Crippen LogP contribution in [0.2, 0.25) is 0 Å². The molecule has 0 aliphatic carbocycles. The van der Waals surface area contributed by atoms with Crippen molar-refractivity contribution in [1.82, 2.24) is 14.8 Å².